The van der Waals surface area contributed by atoms with Crippen molar-refractivity contribution in [3.05, 3.63) is 34.8 Å². The fourth-order valence-electron chi connectivity index (χ4n) is 4.17. The van der Waals surface area contributed by atoms with Crippen molar-refractivity contribution in [2.24, 2.45) is 5.92 Å². The molecule has 1 aromatic carbocycles. The number of likely N-dealkylation sites (tertiary alicyclic amines) is 1. The van der Waals surface area contributed by atoms with Gasteiger partial charge in [-0.15, -0.1) is 0 Å². The molecule has 0 aliphatic carbocycles. The number of rotatable bonds is 3. The fourth-order valence-corrected chi connectivity index (χ4v) is 6.64. The van der Waals surface area contributed by atoms with Gasteiger partial charge in [-0.1, -0.05) is 12.1 Å². The molecule has 0 bridgehead atoms. The number of aromatic nitrogens is 1. The monoisotopic (exact) mass is 439 g/mol. The number of aliphatic carboxylic acids is 1. The quantitative estimate of drug-likeness (QED) is 0.700. The maximum Gasteiger partial charge on any atom is 0.420 e. The summed E-state index contributed by atoms with van der Waals surface area (Å²) in [6.07, 6.45) is 0. The van der Waals surface area contributed by atoms with Crippen molar-refractivity contribution in [3.8, 4) is 0 Å². The topological polar surface area (TPSA) is 130 Å². The molecular weight excluding hydrogens is 414 g/mol. The Labute approximate surface area is 173 Å². The molecule has 2 fully saturated rings. The first-order chi connectivity index (χ1) is 14.0. The van der Waals surface area contributed by atoms with Gasteiger partial charge in [0.1, 0.15) is 6.54 Å². The van der Waals surface area contributed by atoms with E-state index >= 15 is 0 Å². The predicted octanol–water partition coefficient (Wildman–Crippen LogP) is -0.129. The number of carbonyl (C=O) groups excluding carboxylic acids is 1. The molecule has 10 nitrogen and oxygen atoms in total. The van der Waals surface area contributed by atoms with Crippen molar-refractivity contribution in [1.82, 2.24) is 14.4 Å². The van der Waals surface area contributed by atoms with E-state index in [2.05, 4.69) is 0 Å². The van der Waals surface area contributed by atoms with E-state index in [0.29, 0.717) is 17.6 Å². The van der Waals surface area contributed by atoms with E-state index in [1.54, 1.807) is 29.2 Å². The van der Waals surface area contributed by atoms with Crippen molar-refractivity contribution in [2.75, 3.05) is 32.9 Å². The number of carboxylic acid groups (broad SMARTS) is 1. The van der Waals surface area contributed by atoms with E-state index in [-0.39, 0.29) is 36.7 Å². The second kappa shape index (κ2) is 8.23. The number of hydrogen-bond donors (Lipinski definition) is 1. The molecule has 3 atom stereocenters. The highest BCUT2D eigenvalue weighted by Crippen LogP contribution is 2.36. The summed E-state index contributed by atoms with van der Waals surface area (Å²) >= 11 is 0. The number of fused-ring (bicyclic) bond motifs is 2. The number of carboxylic acids is 1. The number of para-hydroxylation sites is 2. The zero-order valence-corrected chi connectivity index (χ0v) is 17.8. The van der Waals surface area contributed by atoms with Crippen LogP contribution in [-0.2, 0) is 26.0 Å². The van der Waals surface area contributed by atoms with Gasteiger partial charge in [-0.05, 0) is 26.2 Å². The van der Waals surface area contributed by atoms with Crippen molar-refractivity contribution in [2.45, 2.75) is 24.8 Å². The molecule has 164 valence electrons. The summed E-state index contributed by atoms with van der Waals surface area (Å²) in [5.74, 6) is -1.63. The second-order valence-electron chi connectivity index (χ2n) is 7.80. The first kappa shape index (κ1) is 22.0. The Kier molecular flexibility index (Phi) is 6.04. The van der Waals surface area contributed by atoms with Crippen LogP contribution in [0.1, 0.15) is 6.92 Å². The molecule has 2 aromatic rings. The van der Waals surface area contributed by atoms with Gasteiger partial charge in [-0.3, -0.25) is 14.2 Å². The summed E-state index contributed by atoms with van der Waals surface area (Å²) in [7, 11) is 0.519. The van der Waals surface area contributed by atoms with Gasteiger partial charge < -0.3 is 19.3 Å². The van der Waals surface area contributed by atoms with Crippen molar-refractivity contribution in [3.63, 3.8) is 0 Å². The second-order valence-corrected chi connectivity index (χ2v) is 10.1. The van der Waals surface area contributed by atoms with E-state index in [9.17, 15) is 18.0 Å². The van der Waals surface area contributed by atoms with Crippen LogP contribution < -0.4 is 5.76 Å². The van der Waals surface area contributed by atoms with Crippen molar-refractivity contribution < 1.29 is 27.5 Å². The van der Waals surface area contributed by atoms with Gasteiger partial charge in [-0.25, -0.2) is 13.2 Å². The molecule has 2 aliphatic rings. The maximum absolute atomic E-state index is 12.7. The molecule has 4 rings (SSSR count). The lowest BCUT2D eigenvalue weighted by atomic mass is 10.00. The zero-order valence-electron chi connectivity index (χ0n) is 17.0. The first-order valence-corrected chi connectivity index (χ1v) is 11.2. The smallest absolute Gasteiger partial charge is 0.420 e. The number of sulfone groups is 1. The predicted molar refractivity (Wildman–Crippen MR) is 109 cm³/mol. The number of amides is 1. The maximum atomic E-state index is 12.7. The fraction of sp³-hybridized carbons (Fsp3) is 0.526. The third-order valence-electron chi connectivity index (χ3n) is 5.55. The molecule has 0 spiro atoms. The lowest BCUT2D eigenvalue weighted by molar-refractivity contribution is -0.134. The third kappa shape index (κ3) is 4.26. The molecule has 0 radical (unpaired) electrons. The largest absolute Gasteiger partial charge is 0.481 e. The summed E-state index contributed by atoms with van der Waals surface area (Å²) in [6, 6.07) is 6.84. The highest BCUT2D eigenvalue weighted by Gasteiger charge is 2.53. The van der Waals surface area contributed by atoms with Gasteiger partial charge in [0.25, 0.3) is 5.97 Å². The summed E-state index contributed by atoms with van der Waals surface area (Å²) in [4.78, 5) is 37.3. The van der Waals surface area contributed by atoms with E-state index in [1.165, 1.54) is 4.57 Å². The van der Waals surface area contributed by atoms with Gasteiger partial charge >= 0.3 is 5.76 Å². The lowest BCUT2D eigenvalue weighted by Gasteiger charge is -2.25. The molecule has 1 amide bonds. The van der Waals surface area contributed by atoms with E-state index < -0.39 is 26.8 Å². The van der Waals surface area contributed by atoms with Crippen molar-refractivity contribution in [1.29, 1.82) is 0 Å². The van der Waals surface area contributed by atoms with Crippen LogP contribution in [0.3, 0.4) is 0 Å². The van der Waals surface area contributed by atoms with Gasteiger partial charge in [-0.2, -0.15) is 0 Å². The van der Waals surface area contributed by atoms with Gasteiger partial charge in [0, 0.05) is 32.0 Å². The summed E-state index contributed by atoms with van der Waals surface area (Å²) in [5, 5.41) is 6.90. The van der Waals surface area contributed by atoms with Crippen LogP contribution in [0.15, 0.2) is 33.5 Å². The van der Waals surface area contributed by atoms with Crippen LogP contribution in [0.25, 0.3) is 11.1 Å². The summed E-state index contributed by atoms with van der Waals surface area (Å²) in [6.45, 7) is 1.53. The van der Waals surface area contributed by atoms with Crippen molar-refractivity contribution >= 4 is 32.8 Å². The lowest BCUT2D eigenvalue weighted by Crippen LogP contribution is -2.40. The minimum absolute atomic E-state index is 0.0831. The molecule has 1 N–H and O–H groups in total. The highest BCUT2D eigenvalue weighted by molar-refractivity contribution is 7.92. The molecule has 1 aromatic heterocycles. The molecule has 11 heteroatoms. The Balaban J connectivity index is 0.000000589. The Morgan fingerprint density at radius 3 is 2.50 bits per heavy atom. The number of nitrogens with zero attached hydrogens (tertiary/aromatic N) is 3. The molecule has 2 saturated heterocycles. The van der Waals surface area contributed by atoms with Crippen LogP contribution in [0, 0.1) is 5.92 Å². The Morgan fingerprint density at radius 2 is 1.87 bits per heavy atom. The van der Waals surface area contributed by atoms with E-state index in [1.807, 2.05) is 19.0 Å². The van der Waals surface area contributed by atoms with Crippen LogP contribution in [0.4, 0.5) is 0 Å². The summed E-state index contributed by atoms with van der Waals surface area (Å²) in [5.41, 5.74) is 0.989. The molecule has 30 heavy (non-hydrogen) atoms. The minimum Gasteiger partial charge on any atom is -0.481 e. The normalized spacial score (nSPS) is 24.5. The Morgan fingerprint density at radius 1 is 1.23 bits per heavy atom. The number of carbonyl (C=O) groups is 2. The zero-order chi connectivity index (χ0) is 22.2. The average Bonchev–Trinajstić information content (AvgIpc) is 3.28. The molecule has 3 heterocycles. The number of benzene rings is 1. The highest BCUT2D eigenvalue weighted by atomic mass is 32.2. The van der Waals surface area contributed by atoms with E-state index in [0.717, 1.165) is 6.92 Å². The Hall–Kier alpha value is -2.66. The van der Waals surface area contributed by atoms with Crippen LogP contribution in [-0.4, -0.2) is 84.0 Å². The van der Waals surface area contributed by atoms with Gasteiger partial charge in [0.2, 0.25) is 5.91 Å². The number of hydrogen-bond acceptors (Lipinski definition) is 7. The molecular formula is C19H25N3O7S. The summed E-state index contributed by atoms with van der Waals surface area (Å²) < 4.78 is 31.3. The average molecular weight is 439 g/mol. The van der Waals surface area contributed by atoms with Crippen LogP contribution in [0.2, 0.25) is 0 Å². The van der Waals surface area contributed by atoms with Gasteiger partial charge in [0.15, 0.2) is 15.4 Å². The van der Waals surface area contributed by atoms with E-state index in [4.69, 9.17) is 14.3 Å². The van der Waals surface area contributed by atoms with Crippen LogP contribution >= 0.6 is 0 Å². The first-order valence-electron chi connectivity index (χ1n) is 9.45. The number of oxazole rings is 1. The molecule has 0 unspecified atom stereocenters. The minimum atomic E-state index is -3.21. The standard InChI is InChI=1S/C17H21N3O5S.C2H4O2/c1-18(2)13-10-26(23,24)15-8-19(7-11(13)15)16(21)9-20-12-5-3-4-6-14(12)25-17(20)22;1-2(3)4/h3-6,11,13,15H,7-10H2,1-2H3;1H3,(H,3,4)/t11-,13+,15-;/m0./s1. The Bertz CT molecular complexity index is 1110. The SMILES string of the molecule is CC(=O)O.CN(C)[C@@H]1CS(=O)(=O)[C@H]2CN(C(=O)Cn3c(=O)oc4ccccc43)C[C@@H]12. The van der Waals surface area contributed by atoms with Crippen LogP contribution in [0.5, 0.6) is 0 Å². The molecule has 0 saturated carbocycles. The third-order valence-corrected chi connectivity index (χ3v) is 7.78. The van der Waals surface area contributed by atoms with Gasteiger partial charge in [0.05, 0.1) is 16.5 Å². The molecule has 2 aliphatic heterocycles.